The lowest BCUT2D eigenvalue weighted by Crippen LogP contribution is -2.41. The van der Waals surface area contributed by atoms with Crippen LogP contribution in [0.25, 0.3) is 11.0 Å². The Labute approximate surface area is 140 Å². The number of furan rings is 1. The zero-order valence-corrected chi connectivity index (χ0v) is 14.4. The molecule has 0 unspecified atom stereocenters. The van der Waals surface area contributed by atoms with Gasteiger partial charge in [-0.3, -0.25) is 0 Å². The second-order valence-corrected chi connectivity index (χ2v) is 6.80. The SMILES string of the molecule is CCOC(=O)c1c(F)ccc2cc(B3OC(C)(C)C(C)(C)O3)oc12. The van der Waals surface area contributed by atoms with E-state index in [4.69, 9.17) is 18.5 Å². The molecular weight excluding hydrogens is 314 g/mol. The molecule has 0 atom stereocenters. The van der Waals surface area contributed by atoms with Gasteiger partial charge in [-0.1, -0.05) is 0 Å². The molecule has 128 valence electrons. The van der Waals surface area contributed by atoms with Crippen LogP contribution in [-0.4, -0.2) is 30.9 Å². The molecule has 1 fully saturated rings. The summed E-state index contributed by atoms with van der Waals surface area (Å²) in [5.41, 5.74) is -0.729. The van der Waals surface area contributed by atoms with Crippen LogP contribution in [0, 0.1) is 5.82 Å². The highest BCUT2D eigenvalue weighted by Gasteiger charge is 2.53. The quantitative estimate of drug-likeness (QED) is 0.638. The second kappa shape index (κ2) is 5.60. The maximum absolute atomic E-state index is 14.1. The summed E-state index contributed by atoms with van der Waals surface area (Å²) in [6.45, 7) is 9.53. The maximum Gasteiger partial charge on any atom is 0.532 e. The molecule has 0 spiro atoms. The van der Waals surface area contributed by atoms with Crippen LogP contribution in [0.2, 0.25) is 0 Å². The molecule has 0 radical (unpaired) electrons. The summed E-state index contributed by atoms with van der Waals surface area (Å²) < 4.78 is 36.6. The number of benzene rings is 1. The number of ether oxygens (including phenoxy) is 1. The Morgan fingerprint density at radius 1 is 1.21 bits per heavy atom. The highest BCUT2D eigenvalue weighted by molar-refractivity contribution is 6.61. The molecule has 2 heterocycles. The summed E-state index contributed by atoms with van der Waals surface area (Å²) in [5.74, 6) is -1.44. The summed E-state index contributed by atoms with van der Waals surface area (Å²) >= 11 is 0. The van der Waals surface area contributed by atoms with E-state index in [-0.39, 0.29) is 17.8 Å². The van der Waals surface area contributed by atoms with E-state index in [9.17, 15) is 9.18 Å². The Kier molecular flexibility index (Phi) is 3.96. The monoisotopic (exact) mass is 334 g/mol. The van der Waals surface area contributed by atoms with E-state index in [1.54, 1.807) is 19.1 Å². The van der Waals surface area contributed by atoms with Crippen LogP contribution >= 0.6 is 0 Å². The Balaban J connectivity index is 2.04. The van der Waals surface area contributed by atoms with Crippen LogP contribution in [0.5, 0.6) is 0 Å². The van der Waals surface area contributed by atoms with Gasteiger partial charge in [0.25, 0.3) is 0 Å². The minimum Gasteiger partial charge on any atom is -0.464 e. The first kappa shape index (κ1) is 17.0. The smallest absolute Gasteiger partial charge is 0.464 e. The van der Waals surface area contributed by atoms with E-state index in [0.717, 1.165) is 0 Å². The topological polar surface area (TPSA) is 57.9 Å². The fourth-order valence-corrected chi connectivity index (χ4v) is 2.57. The van der Waals surface area contributed by atoms with E-state index in [2.05, 4.69) is 0 Å². The van der Waals surface area contributed by atoms with E-state index < -0.39 is 30.1 Å². The molecule has 1 aliphatic rings. The van der Waals surface area contributed by atoms with E-state index in [0.29, 0.717) is 11.0 Å². The molecule has 2 aromatic rings. The number of hydrogen-bond donors (Lipinski definition) is 0. The van der Waals surface area contributed by atoms with Crippen LogP contribution in [0.4, 0.5) is 4.39 Å². The third-order valence-corrected chi connectivity index (χ3v) is 4.62. The summed E-state index contributed by atoms with van der Waals surface area (Å²) in [6, 6.07) is 4.46. The van der Waals surface area contributed by atoms with Crippen molar-refractivity contribution in [3.63, 3.8) is 0 Å². The molecule has 1 aromatic heterocycles. The van der Waals surface area contributed by atoms with Crippen LogP contribution < -0.4 is 5.66 Å². The molecule has 24 heavy (non-hydrogen) atoms. The third kappa shape index (κ3) is 2.61. The third-order valence-electron chi connectivity index (χ3n) is 4.62. The molecule has 7 heteroatoms. The molecule has 0 aliphatic carbocycles. The summed E-state index contributed by atoms with van der Waals surface area (Å²) in [7, 11) is -0.722. The lowest BCUT2D eigenvalue weighted by Gasteiger charge is -2.32. The minimum absolute atomic E-state index is 0.137. The highest BCUT2D eigenvalue weighted by Crippen LogP contribution is 2.37. The van der Waals surface area contributed by atoms with Crippen molar-refractivity contribution in [2.24, 2.45) is 0 Å². The fourth-order valence-electron chi connectivity index (χ4n) is 2.57. The number of carbonyl (C=O) groups is 1. The number of fused-ring (bicyclic) bond motifs is 1. The summed E-state index contributed by atoms with van der Waals surface area (Å²) in [5, 5.41) is 0.587. The van der Waals surface area contributed by atoms with Crippen LogP contribution in [-0.2, 0) is 14.0 Å². The first-order valence-electron chi connectivity index (χ1n) is 7.91. The Morgan fingerprint density at radius 2 is 1.83 bits per heavy atom. The van der Waals surface area contributed by atoms with E-state index >= 15 is 0 Å². The van der Waals surface area contributed by atoms with Crippen molar-refractivity contribution in [1.29, 1.82) is 0 Å². The molecule has 0 saturated carbocycles. The summed E-state index contributed by atoms with van der Waals surface area (Å²) in [4.78, 5) is 12.0. The first-order valence-corrected chi connectivity index (χ1v) is 7.91. The number of halogens is 1. The lowest BCUT2D eigenvalue weighted by atomic mass is 9.86. The predicted molar refractivity (Wildman–Crippen MR) is 87.8 cm³/mol. The number of carbonyl (C=O) groups excluding carboxylic acids is 1. The van der Waals surface area contributed by atoms with Crippen molar-refractivity contribution < 1.29 is 27.6 Å². The molecule has 0 N–H and O–H groups in total. The Hall–Kier alpha value is -1.86. The van der Waals surface area contributed by atoms with Gasteiger partial charge in [0.2, 0.25) is 0 Å². The Bertz CT molecular complexity index is 780. The molecule has 3 rings (SSSR count). The summed E-state index contributed by atoms with van der Waals surface area (Å²) in [6.07, 6.45) is 0. The molecule has 0 bridgehead atoms. The van der Waals surface area contributed by atoms with E-state index in [1.165, 1.54) is 6.07 Å². The number of rotatable bonds is 3. The normalized spacial score (nSPS) is 19.0. The first-order chi connectivity index (χ1) is 11.2. The molecule has 1 saturated heterocycles. The van der Waals surface area contributed by atoms with Crippen molar-refractivity contribution in [1.82, 2.24) is 0 Å². The predicted octanol–water partition coefficient (Wildman–Crippen LogP) is 3.05. The van der Waals surface area contributed by atoms with Gasteiger partial charge in [0.15, 0.2) is 5.58 Å². The van der Waals surface area contributed by atoms with Crippen LogP contribution in [0.15, 0.2) is 22.6 Å². The van der Waals surface area contributed by atoms with Crippen molar-refractivity contribution in [3.8, 4) is 0 Å². The number of hydrogen-bond acceptors (Lipinski definition) is 5. The standard InChI is InChI=1S/C17H20BFO5/c1-6-21-15(20)13-11(19)8-7-10-9-12(22-14(10)13)18-23-16(2,3)17(4,5)24-18/h7-9H,6H2,1-5H3. The average Bonchev–Trinajstić information content (AvgIpc) is 2.98. The van der Waals surface area contributed by atoms with Gasteiger partial charge in [-0.05, 0) is 52.8 Å². The molecule has 1 aliphatic heterocycles. The zero-order valence-electron chi connectivity index (χ0n) is 14.4. The van der Waals surface area contributed by atoms with Gasteiger partial charge in [-0.25, -0.2) is 9.18 Å². The van der Waals surface area contributed by atoms with Crippen LogP contribution in [0.1, 0.15) is 45.0 Å². The molecule has 1 aromatic carbocycles. The van der Waals surface area contributed by atoms with E-state index in [1.807, 2.05) is 27.7 Å². The highest BCUT2D eigenvalue weighted by atomic mass is 19.1. The van der Waals surface area contributed by atoms with Gasteiger partial charge >= 0.3 is 13.1 Å². The van der Waals surface area contributed by atoms with Crippen LogP contribution in [0.3, 0.4) is 0 Å². The maximum atomic E-state index is 14.1. The molecule has 0 amide bonds. The zero-order chi connectivity index (χ0) is 17.7. The largest absolute Gasteiger partial charge is 0.532 e. The fraction of sp³-hybridized carbons (Fsp3) is 0.471. The van der Waals surface area contributed by atoms with Gasteiger partial charge in [-0.2, -0.15) is 0 Å². The second-order valence-electron chi connectivity index (χ2n) is 6.80. The average molecular weight is 334 g/mol. The molecular formula is C17H20BFO5. The number of esters is 1. The van der Waals surface area contributed by atoms with Gasteiger partial charge < -0.3 is 18.5 Å². The van der Waals surface area contributed by atoms with Gasteiger partial charge in [0.05, 0.1) is 17.8 Å². The van der Waals surface area contributed by atoms with Gasteiger partial charge in [-0.15, -0.1) is 0 Å². The van der Waals surface area contributed by atoms with Gasteiger partial charge in [0.1, 0.15) is 17.0 Å². The van der Waals surface area contributed by atoms with Gasteiger partial charge in [0, 0.05) is 5.39 Å². The van der Waals surface area contributed by atoms with Crippen molar-refractivity contribution in [2.75, 3.05) is 6.61 Å². The minimum atomic E-state index is -0.754. The lowest BCUT2D eigenvalue weighted by molar-refractivity contribution is 0.00578. The van der Waals surface area contributed by atoms with Crippen molar-refractivity contribution in [2.45, 2.75) is 45.8 Å². The van der Waals surface area contributed by atoms with Crippen molar-refractivity contribution >= 4 is 29.7 Å². The Morgan fingerprint density at radius 3 is 2.42 bits per heavy atom. The molecule has 5 nitrogen and oxygen atoms in total. The van der Waals surface area contributed by atoms with Crippen molar-refractivity contribution in [3.05, 3.63) is 29.6 Å².